The van der Waals surface area contributed by atoms with E-state index in [1.807, 2.05) is 5.32 Å². The molecule has 140 valence electrons. The number of carbonyl (C=O) groups is 3. The van der Waals surface area contributed by atoms with E-state index in [1.165, 1.54) is 0 Å². The highest BCUT2D eigenvalue weighted by molar-refractivity contribution is 6.23. The van der Waals surface area contributed by atoms with Gasteiger partial charge in [-0.15, -0.1) is 0 Å². The van der Waals surface area contributed by atoms with Crippen LogP contribution in [0.15, 0.2) is 29.1 Å². The minimum atomic E-state index is -4.77. The Bertz CT molecular complexity index is 1070. The maximum atomic E-state index is 13.1. The number of ether oxygens (including phenoxy) is 1. The van der Waals surface area contributed by atoms with Crippen molar-refractivity contribution in [2.75, 3.05) is 12.8 Å². The van der Waals surface area contributed by atoms with E-state index >= 15 is 0 Å². The maximum absolute atomic E-state index is 13.1. The lowest BCUT2D eigenvalue weighted by atomic mass is 10.1. The first kappa shape index (κ1) is 18.2. The fraction of sp³-hybridized carbons (Fsp3) is 0.125. The smallest absolute Gasteiger partial charge is 0.416 e. The van der Waals surface area contributed by atoms with Crippen molar-refractivity contribution in [3.63, 3.8) is 0 Å². The Kier molecular flexibility index (Phi) is 4.02. The third-order valence-electron chi connectivity index (χ3n) is 3.92. The van der Waals surface area contributed by atoms with E-state index < -0.39 is 46.6 Å². The molecular formula is C16H10F3N3O5. The van der Waals surface area contributed by atoms with Crippen LogP contribution in [0.4, 0.5) is 19.0 Å². The summed E-state index contributed by atoms with van der Waals surface area (Å²) in [6.07, 6.45) is -4.77. The number of methoxy groups -OCH3 is 1. The van der Waals surface area contributed by atoms with Crippen molar-refractivity contribution in [3.8, 4) is 5.69 Å². The summed E-state index contributed by atoms with van der Waals surface area (Å²) < 4.78 is 44.3. The number of benzene rings is 1. The van der Waals surface area contributed by atoms with Gasteiger partial charge >= 0.3 is 12.1 Å². The number of hydrogen-bond acceptors (Lipinski definition) is 6. The van der Waals surface area contributed by atoms with Gasteiger partial charge in [0.1, 0.15) is 5.82 Å². The molecule has 0 radical (unpaired) electrons. The summed E-state index contributed by atoms with van der Waals surface area (Å²) in [6.45, 7) is 0. The van der Waals surface area contributed by atoms with Crippen LogP contribution in [0.1, 0.15) is 36.6 Å². The van der Waals surface area contributed by atoms with Crippen LogP contribution < -0.4 is 16.6 Å². The molecule has 0 atom stereocenters. The summed E-state index contributed by atoms with van der Waals surface area (Å²) >= 11 is 0. The molecule has 1 aliphatic heterocycles. The van der Waals surface area contributed by atoms with Crippen LogP contribution in [-0.2, 0) is 10.9 Å². The van der Waals surface area contributed by atoms with Gasteiger partial charge in [-0.25, -0.2) is 4.79 Å². The van der Waals surface area contributed by atoms with Crippen molar-refractivity contribution in [3.05, 3.63) is 56.9 Å². The summed E-state index contributed by atoms with van der Waals surface area (Å²) in [5, 5.41) is 1.93. The van der Waals surface area contributed by atoms with Crippen molar-refractivity contribution in [1.29, 1.82) is 0 Å². The second-order valence-electron chi connectivity index (χ2n) is 5.50. The minimum absolute atomic E-state index is 0.301. The van der Waals surface area contributed by atoms with Gasteiger partial charge < -0.3 is 10.5 Å². The molecule has 0 fully saturated rings. The second-order valence-corrected chi connectivity index (χ2v) is 5.50. The van der Waals surface area contributed by atoms with Gasteiger partial charge in [0.2, 0.25) is 0 Å². The van der Waals surface area contributed by atoms with Crippen LogP contribution in [-0.4, -0.2) is 29.5 Å². The molecule has 2 amide bonds. The van der Waals surface area contributed by atoms with E-state index in [-0.39, 0.29) is 16.7 Å². The van der Waals surface area contributed by atoms with Crippen molar-refractivity contribution in [2.24, 2.45) is 0 Å². The number of nitrogens with two attached hydrogens (primary N) is 1. The highest BCUT2D eigenvalue weighted by atomic mass is 19.4. The third-order valence-corrected chi connectivity index (χ3v) is 3.92. The fourth-order valence-electron chi connectivity index (χ4n) is 2.70. The number of imide groups is 1. The lowest BCUT2D eigenvalue weighted by Crippen LogP contribution is -2.26. The molecule has 0 spiro atoms. The van der Waals surface area contributed by atoms with E-state index in [9.17, 15) is 32.3 Å². The number of halogens is 3. The largest absolute Gasteiger partial charge is 0.465 e. The molecule has 8 nitrogen and oxygen atoms in total. The molecule has 11 heteroatoms. The zero-order valence-corrected chi connectivity index (χ0v) is 13.5. The quantitative estimate of drug-likeness (QED) is 0.594. The minimum Gasteiger partial charge on any atom is -0.465 e. The molecule has 2 heterocycles. The standard InChI is InChI=1S/C16H10F3N3O5/c1-27-15(26)7-3-2-6(16(17,18)19)4-9(7)22-10(23)5-8-11(12(22)20)14(25)21-13(8)24/h2-5H,20H2,1H3,(H,21,24,25). The Labute approximate surface area is 148 Å². The summed E-state index contributed by atoms with van der Waals surface area (Å²) in [7, 11) is 1.00. The van der Waals surface area contributed by atoms with Crippen LogP contribution in [0, 0.1) is 0 Å². The van der Waals surface area contributed by atoms with Gasteiger partial charge in [0.15, 0.2) is 0 Å². The molecule has 0 saturated heterocycles. The average Bonchev–Trinajstić information content (AvgIpc) is 2.87. The zero-order chi connectivity index (χ0) is 20.1. The number of carbonyl (C=O) groups excluding carboxylic acids is 3. The monoisotopic (exact) mass is 381 g/mol. The number of aromatic nitrogens is 1. The highest BCUT2D eigenvalue weighted by Crippen LogP contribution is 2.33. The van der Waals surface area contributed by atoms with Crippen molar-refractivity contribution in [2.45, 2.75) is 6.18 Å². The van der Waals surface area contributed by atoms with Crippen LogP contribution in [0.5, 0.6) is 0 Å². The lowest BCUT2D eigenvalue weighted by Gasteiger charge is -2.17. The number of pyridine rings is 1. The third kappa shape index (κ3) is 2.82. The van der Waals surface area contributed by atoms with Crippen LogP contribution in [0.2, 0.25) is 0 Å². The first-order valence-electron chi connectivity index (χ1n) is 7.27. The summed E-state index contributed by atoms with van der Waals surface area (Å²) in [5.74, 6) is -3.37. The van der Waals surface area contributed by atoms with E-state index in [0.29, 0.717) is 16.7 Å². The van der Waals surface area contributed by atoms with E-state index in [1.54, 1.807) is 0 Å². The van der Waals surface area contributed by atoms with Gasteiger partial charge in [-0.05, 0) is 18.2 Å². The number of hydrogen-bond donors (Lipinski definition) is 2. The van der Waals surface area contributed by atoms with E-state index in [2.05, 4.69) is 4.74 Å². The van der Waals surface area contributed by atoms with Gasteiger partial charge in [-0.2, -0.15) is 13.2 Å². The number of alkyl halides is 3. The summed E-state index contributed by atoms with van der Waals surface area (Å²) in [6, 6.07) is 2.76. The topological polar surface area (TPSA) is 120 Å². The molecule has 0 aliphatic carbocycles. The molecular weight excluding hydrogens is 371 g/mol. The second kappa shape index (κ2) is 5.97. The number of anilines is 1. The summed E-state index contributed by atoms with van der Waals surface area (Å²) in [5.41, 5.74) is 2.06. The molecule has 1 aromatic carbocycles. The molecule has 2 aromatic rings. The molecule has 1 aromatic heterocycles. The van der Waals surface area contributed by atoms with Crippen LogP contribution in [0.3, 0.4) is 0 Å². The number of nitrogen functional groups attached to an aromatic ring is 1. The van der Waals surface area contributed by atoms with E-state index in [0.717, 1.165) is 19.2 Å². The Balaban J connectivity index is 2.39. The Hall–Kier alpha value is -3.63. The lowest BCUT2D eigenvalue weighted by molar-refractivity contribution is -0.137. The Morgan fingerprint density at radius 1 is 1.15 bits per heavy atom. The molecule has 3 N–H and O–H groups in total. The predicted molar refractivity (Wildman–Crippen MR) is 84.6 cm³/mol. The fourth-order valence-corrected chi connectivity index (χ4v) is 2.70. The number of amides is 2. The van der Waals surface area contributed by atoms with Crippen molar-refractivity contribution < 1.29 is 32.3 Å². The highest BCUT2D eigenvalue weighted by Gasteiger charge is 2.35. The van der Waals surface area contributed by atoms with Gasteiger partial charge in [0.25, 0.3) is 17.4 Å². The normalized spacial score (nSPS) is 13.3. The van der Waals surface area contributed by atoms with Gasteiger partial charge in [0, 0.05) is 6.07 Å². The van der Waals surface area contributed by atoms with Gasteiger partial charge in [-0.1, -0.05) is 0 Å². The molecule has 27 heavy (non-hydrogen) atoms. The number of rotatable bonds is 2. The molecule has 1 aliphatic rings. The number of nitrogens with zero attached hydrogens (tertiary/aromatic N) is 1. The molecule has 0 bridgehead atoms. The molecule has 0 saturated carbocycles. The molecule has 0 unspecified atom stereocenters. The first-order valence-corrected chi connectivity index (χ1v) is 7.27. The SMILES string of the molecule is COC(=O)c1ccc(C(F)(F)F)cc1-n1c(N)c2c(cc1=O)C(=O)NC2=O. The Morgan fingerprint density at radius 2 is 1.81 bits per heavy atom. The molecule has 3 rings (SSSR count). The van der Waals surface area contributed by atoms with Crippen LogP contribution in [0.25, 0.3) is 5.69 Å². The zero-order valence-electron chi connectivity index (χ0n) is 13.5. The summed E-state index contributed by atoms with van der Waals surface area (Å²) in [4.78, 5) is 48.0. The number of esters is 1. The Morgan fingerprint density at radius 3 is 2.41 bits per heavy atom. The predicted octanol–water partition coefficient (Wildman–Crippen LogP) is 1.11. The average molecular weight is 381 g/mol. The van der Waals surface area contributed by atoms with Crippen molar-refractivity contribution >= 4 is 23.6 Å². The van der Waals surface area contributed by atoms with Crippen LogP contribution >= 0.6 is 0 Å². The maximum Gasteiger partial charge on any atom is 0.416 e. The van der Waals surface area contributed by atoms with Gasteiger partial charge in [-0.3, -0.25) is 24.3 Å². The van der Waals surface area contributed by atoms with E-state index in [4.69, 9.17) is 5.73 Å². The first-order chi connectivity index (χ1) is 12.6. The number of nitrogens with one attached hydrogen (secondary N) is 1. The van der Waals surface area contributed by atoms with Gasteiger partial charge in [0.05, 0.1) is 35.1 Å². The van der Waals surface area contributed by atoms with Crippen molar-refractivity contribution in [1.82, 2.24) is 9.88 Å². The number of fused-ring (bicyclic) bond motifs is 1.